The molecule has 116 valence electrons. The molecule has 0 fully saturated rings. The molecule has 2 aromatic carbocycles. The van der Waals surface area contributed by atoms with E-state index in [-0.39, 0.29) is 20.7 Å². The Kier molecular flexibility index (Phi) is 4.60. The molecule has 6 nitrogen and oxygen atoms in total. The van der Waals surface area contributed by atoms with Gasteiger partial charge >= 0.3 is 10.1 Å². The molecule has 22 heavy (non-hydrogen) atoms. The molecular formula is C13H9Cl2NO5S. The summed E-state index contributed by atoms with van der Waals surface area (Å²) in [7, 11) is -4.27. The van der Waals surface area contributed by atoms with E-state index in [0.717, 1.165) is 23.8 Å². The molecule has 0 saturated heterocycles. The van der Waals surface area contributed by atoms with Gasteiger partial charge in [-0.3, -0.25) is 10.1 Å². The summed E-state index contributed by atoms with van der Waals surface area (Å²) in [6.45, 7) is 1.78. The Bertz CT molecular complexity index is 852. The monoisotopic (exact) mass is 361 g/mol. The first-order chi connectivity index (χ1) is 10.2. The Morgan fingerprint density at radius 3 is 2.36 bits per heavy atom. The van der Waals surface area contributed by atoms with Crippen molar-refractivity contribution in [2.75, 3.05) is 0 Å². The summed E-state index contributed by atoms with van der Waals surface area (Å²) >= 11 is 11.6. The van der Waals surface area contributed by atoms with Gasteiger partial charge in [0, 0.05) is 6.07 Å². The van der Waals surface area contributed by atoms with E-state index in [0.29, 0.717) is 0 Å². The molecule has 0 amide bonds. The lowest BCUT2D eigenvalue weighted by molar-refractivity contribution is -0.384. The van der Waals surface area contributed by atoms with Gasteiger partial charge in [-0.05, 0) is 36.8 Å². The van der Waals surface area contributed by atoms with E-state index in [9.17, 15) is 18.5 Å². The van der Waals surface area contributed by atoms with Crippen LogP contribution in [-0.2, 0) is 10.1 Å². The third kappa shape index (κ3) is 3.49. The van der Waals surface area contributed by atoms with Crippen molar-refractivity contribution in [2.45, 2.75) is 11.8 Å². The summed E-state index contributed by atoms with van der Waals surface area (Å²) < 4.78 is 29.3. The maximum atomic E-state index is 12.2. The number of rotatable bonds is 4. The zero-order chi connectivity index (χ0) is 16.5. The Hall–Kier alpha value is -1.83. The Balaban J connectivity index is 2.42. The van der Waals surface area contributed by atoms with Crippen LogP contribution in [0.15, 0.2) is 41.3 Å². The van der Waals surface area contributed by atoms with Crippen LogP contribution in [0.2, 0.25) is 10.0 Å². The largest absolute Gasteiger partial charge is 0.377 e. The number of aryl methyl sites for hydroxylation is 1. The lowest BCUT2D eigenvalue weighted by Gasteiger charge is -2.09. The van der Waals surface area contributed by atoms with Crippen molar-refractivity contribution >= 4 is 39.0 Å². The van der Waals surface area contributed by atoms with E-state index in [1.165, 1.54) is 12.1 Å². The number of hydrogen-bond donors (Lipinski definition) is 0. The minimum absolute atomic E-state index is 0.0649. The SMILES string of the molecule is Cc1ccc(OS(=O)(=O)c2ccc(Cl)c([N+](=O)[O-])c2)c(Cl)c1. The highest BCUT2D eigenvalue weighted by Gasteiger charge is 2.23. The van der Waals surface area contributed by atoms with Crippen LogP contribution in [0.25, 0.3) is 0 Å². The molecule has 0 unspecified atom stereocenters. The van der Waals surface area contributed by atoms with E-state index in [4.69, 9.17) is 27.4 Å². The van der Waals surface area contributed by atoms with Crippen molar-refractivity contribution in [3.8, 4) is 5.75 Å². The number of nitro groups is 1. The molecule has 0 radical (unpaired) electrons. The standard InChI is InChI=1S/C13H9Cl2NO5S/c1-8-2-5-13(11(15)6-8)21-22(19,20)9-3-4-10(14)12(7-9)16(17)18/h2-7H,1H3. The summed E-state index contributed by atoms with van der Waals surface area (Å²) in [4.78, 5) is 9.65. The van der Waals surface area contributed by atoms with Gasteiger partial charge in [-0.15, -0.1) is 0 Å². The van der Waals surface area contributed by atoms with Gasteiger partial charge in [-0.2, -0.15) is 8.42 Å². The fourth-order valence-corrected chi connectivity index (χ4v) is 3.10. The van der Waals surface area contributed by atoms with Gasteiger partial charge in [0.15, 0.2) is 5.75 Å². The van der Waals surface area contributed by atoms with Crippen molar-refractivity contribution in [1.29, 1.82) is 0 Å². The number of nitro benzene ring substituents is 1. The summed E-state index contributed by atoms with van der Waals surface area (Å²) in [6.07, 6.45) is 0. The molecule has 0 N–H and O–H groups in total. The lowest BCUT2D eigenvalue weighted by atomic mass is 10.2. The first-order valence-corrected chi connectivity index (χ1v) is 8.02. The van der Waals surface area contributed by atoms with Gasteiger partial charge in [0.25, 0.3) is 5.69 Å². The van der Waals surface area contributed by atoms with E-state index >= 15 is 0 Å². The van der Waals surface area contributed by atoms with Crippen molar-refractivity contribution in [2.24, 2.45) is 0 Å². The number of halogens is 2. The maximum absolute atomic E-state index is 12.2. The predicted molar refractivity (Wildman–Crippen MR) is 82.1 cm³/mol. The lowest BCUT2D eigenvalue weighted by Crippen LogP contribution is -2.10. The first-order valence-electron chi connectivity index (χ1n) is 5.85. The molecule has 0 aromatic heterocycles. The molecule has 2 rings (SSSR count). The molecule has 9 heteroatoms. The molecule has 2 aromatic rings. The van der Waals surface area contributed by atoms with Crippen molar-refractivity contribution < 1.29 is 17.5 Å². The van der Waals surface area contributed by atoms with Crippen molar-refractivity contribution in [3.63, 3.8) is 0 Å². The van der Waals surface area contributed by atoms with Crippen molar-refractivity contribution in [1.82, 2.24) is 0 Å². The fraction of sp³-hybridized carbons (Fsp3) is 0.0769. The average Bonchev–Trinajstić information content (AvgIpc) is 2.42. The highest BCUT2D eigenvalue weighted by Crippen LogP contribution is 2.31. The Morgan fingerprint density at radius 1 is 1.09 bits per heavy atom. The average molecular weight is 362 g/mol. The summed E-state index contributed by atoms with van der Waals surface area (Å²) in [5, 5.41) is 10.8. The van der Waals surface area contributed by atoms with Crippen molar-refractivity contribution in [3.05, 3.63) is 62.1 Å². The minimum atomic E-state index is -4.27. The van der Waals surface area contributed by atoms with E-state index in [2.05, 4.69) is 0 Å². The van der Waals surface area contributed by atoms with Gasteiger partial charge in [0.1, 0.15) is 9.92 Å². The molecule has 0 spiro atoms. The third-order valence-corrected chi connectivity index (χ3v) is 4.54. The molecule has 0 atom stereocenters. The van der Waals surface area contributed by atoms with Crippen LogP contribution in [0, 0.1) is 17.0 Å². The summed E-state index contributed by atoms with van der Waals surface area (Å²) in [6, 6.07) is 7.64. The predicted octanol–water partition coefficient (Wildman–Crippen LogP) is 3.98. The minimum Gasteiger partial charge on any atom is -0.377 e. The molecular weight excluding hydrogens is 353 g/mol. The normalized spacial score (nSPS) is 11.2. The molecule has 0 aliphatic rings. The van der Waals surface area contributed by atoms with Crippen LogP contribution in [-0.4, -0.2) is 13.3 Å². The molecule has 0 heterocycles. The Morgan fingerprint density at radius 2 is 1.77 bits per heavy atom. The van der Waals surface area contributed by atoms with Gasteiger partial charge < -0.3 is 4.18 Å². The van der Waals surface area contributed by atoms with Crippen LogP contribution >= 0.6 is 23.2 Å². The van der Waals surface area contributed by atoms with Crippen LogP contribution in [0.1, 0.15) is 5.56 Å². The smallest absolute Gasteiger partial charge is 0.339 e. The second-order valence-corrected chi connectivity index (χ2v) is 6.70. The topological polar surface area (TPSA) is 86.5 Å². The highest BCUT2D eigenvalue weighted by atomic mass is 35.5. The highest BCUT2D eigenvalue weighted by molar-refractivity contribution is 7.87. The third-order valence-electron chi connectivity index (χ3n) is 2.69. The van der Waals surface area contributed by atoms with Gasteiger partial charge in [-0.25, -0.2) is 0 Å². The van der Waals surface area contributed by atoms with E-state index in [1.807, 2.05) is 0 Å². The second kappa shape index (κ2) is 6.12. The molecule has 0 saturated carbocycles. The molecule has 0 bridgehead atoms. The van der Waals surface area contributed by atoms with Crippen LogP contribution in [0.5, 0.6) is 5.75 Å². The van der Waals surface area contributed by atoms with Gasteiger partial charge in [-0.1, -0.05) is 29.3 Å². The molecule has 0 aliphatic carbocycles. The maximum Gasteiger partial charge on any atom is 0.339 e. The zero-order valence-corrected chi connectivity index (χ0v) is 13.4. The van der Waals surface area contributed by atoms with Crippen LogP contribution in [0.4, 0.5) is 5.69 Å². The fourth-order valence-electron chi connectivity index (χ4n) is 1.63. The quantitative estimate of drug-likeness (QED) is 0.467. The van der Waals surface area contributed by atoms with Crippen LogP contribution < -0.4 is 4.18 Å². The number of hydrogen-bond acceptors (Lipinski definition) is 5. The van der Waals surface area contributed by atoms with E-state index in [1.54, 1.807) is 13.0 Å². The number of nitrogens with zero attached hydrogens (tertiary/aromatic N) is 1. The van der Waals surface area contributed by atoms with E-state index < -0.39 is 20.7 Å². The Labute approximate surface area is 136 Å². The summed E-state index contributed by atoms with van der Waals surface area (Å²) in [5.74, 6) is -0.0649. The first kappa shape index (κ1) is 16.5. The zero-order valence-electron chi connectivity index (χ0n) is 11.1. The molecule has 0 aliphatic heterocycles. The van der Waals surface area contributed by atoms with Gasteiger partial charge in [0.2, 0.25) is 0 Å². The van der Waals surface area contributed by atoms with Gasteiger partial charge in [0.05, 0.1) is 9.95 Å². The van der Waals surface area contributed by atoms with Crippen LogP contribution in [0.3, 0.4) is 0 Å². The second-order valence-electron chi connectivity index (χ2n) is 4.34. The summed E-state index contributed by atoms with van der Waals surface area (Å²) in [5.41, 5.74) is 0.304. The number of benzene rings is 2.